The highest BCUT2D eigenvalue weighted by Gasteiger charge is 1.94. The van der Waals surface area contributed by atoms with E-state index >= 15 is 0 Å². The Morgan fingerprint density at radius 1 is 0.938 bits per heavy atom. The summed E-state index contributed by atoms with van der Waals surface area (Å²) in [6.07, 6.45) is 2.22. The third-order valence-corrected chi connectivity index (χ3v) is 2.21. The van der Waals surface area contributed by atoms with Gasteiger partial charge < -0.3 is 15.4 Å². The molecular formula is C13H30N2O. The summed E-state index contributed by atoms with van der Waals surface area (Å²) in [5.41, 5.74) is 0. The molecule has 0 fully saturated rings. The van der Waals surface area contributed by atoms with Gasteiger partial charge in [-0.1, -0.05) is 27.7 Å². The van der Waals surface area contributed by atoms with Crippen LogP contribution in [0.15, 0.2) is 0 Å². The molecule has 16 heavy (non-hydrogen) atoms. The Bertz CT molecular complexity index is 122. The number of hydrogen-bond acceptors (Lipinski definition) is 3. The fourth-order valence-corrected chi connectivity index (χ4v) is 1.36. The smallest absolute Gasteiger partial charge is 0.0478 e. The molecule has 0 aliphatic heterocycles. The lowest BCUT2D eigenvalue weighted by atomic mass is 10.2. The SMILES string of the molecule is CC(C)CNCCCOCCCNC(C)C. The van der Waals surface area contributed by atoms with E-state index in [-0.39, 0.29) is 0 Å². The van der Waals surface area contributed by atoms with Crippen molar-refractivity contribution in [2.75, 3.05) is 32.8 Å². The normalized spacial score (nSPS) is 11.6. The van der Waals surface area contributed by atoms with E-state index in [1.807, 2.05) is 0 Å². The predicted octanol–water partition coefficient (Wildman–Crippen LogP) is 2.03. The van der Waals surface area contributed by atoms with Crippen molar-refractivity contribution in [1.82, 2.24) is 10.6 Å². The van der Waals surface area contributed by atoms with Crippen LogP contribution in [0.3, 0.4) is 0 Å². The summed E-state index contributed by atoms with van der Waals surface area (Å²) < 4.78 is 5.54. The van der Waals surface area contributed by atoms with Crippen LogP contribution in [0, 0.1) is 5.92 Å². The third kappa shape index (κ3) is 13.9. The van der Waals surface area contributed by atoms with Crippen LogP contribution in [0.1, 0.15) is 40.5 Å². The summed E-state index contributed by atoms with van der Waals surface area (Å²) in [5, 5.41) is 6.79. The Morgan fingerprint density at radius 3 is 2.12 bits per heavy atom. The molecule has 0 amide bonds. The highest BCUT2D eigenvalue weighted by atomic mass is 16.5. The Balaban J connectivity index is 2.93. The first-order chi connectivity index (χ1) is 7.63. The quantitative estimate of drug-likeness (QED) is 0.533. The van der Waals surface area contributed by atoms with E-state index in [1.165, 1.54) is 0 Å². The lowest BCUT2D eigenvalue weighted by molar-refractivity contribution is 0.128. The fourth-order valence-electron chi connectivity index (χ4n) is 1.36. The Morgan fingerprint density at radius 2 is 1.56 bits per heavy atom. The Kier molecular flexibility index (Phi) is 11.3. The standard InChI is InChI=1S/C13H30N2O/c1-12(2)11-14-7-5-9-16-10-6-8-15-13(3)4/h12-15H,5-11H2,1-4H3. The van der Waals surface area contributed by atoms with Crippen LogP contribution in [0.25, 0.3) is 0 Å². The van der Waals surface area contributed by atoms with Crippen molar-refractivity contribution < 1.29 is 4.74 Å². The van der Waals surface area contributed by atoms with Crippen LogP contribution in [-0.4, -0.2) is 38.9 Å². The zero-order valence-electron chi connectivity index (χ0n) is 11.5. The van der Waals surface area contributed by atoms with Gasteiger partial charge in [-0.25, -0.2) is 0 Å². The summed E-state index contributed by atoms with van der Waals surface area (Å²) in [4.78, 5) is 0. The van der Waals surface area contributed by atoms with Crippen LogP contribution in [0.4, 0.5) is 0 Å². The van der Waals surface area contributed by atoms with Crippen LogP contribution < -0.4 is 10.6 Å². The molecule has 0 saturated carbocycles. The van der Waals surface area contributed by atoms with Gasteiger partial charge in [0.25, 0.3) is 0 Å². The van der Waals surface area contributed by atoms with E-state index in [9.17, 15) is 0 Å². The van der Waals surface area contributed by atoms with Crippen molar-refractivity contribution in [2.24, 2.45) is 5.92 Å². The first kappa shape index (κ1) is 15.9. The van der Waals surface area contributed by atoms with Gasteiger partial charge in [-0.3, -0.25) is 0 Å². The van der Waals surface area contributed by atoms with Gasteiger partial charge in [-0.15, -0.1) is 0 Å². The molecule has 2 N–H and O–H groups in total. The molecule has 0 aromatic heterocycles. The molecule has 0 atom stereocenters. The topological polar surface area (TPSA) is 33.3 Å². The van der Waals surface area contributed by atoms with Gasteiger partial charge in [0, 0.05) is 19.3 Å². The maximum atomic E-state index is 5.54. The van der Waals surface area contributed by atoms with Gasteiger partial charge in [0.1, 0.15) is 0 Å². The number of rotatable bonds is 11. The van der Waals surface area contributed by atoms with Crippen LogP contribution >= 0.6 is 0 Å². The highest BCUT2D eigenvalue weighted by Crippen LogP contribution is 1.89. The molecule has 0 aliphatic rings. The van der Waals surface area contributed by atoms with Crippen LogP contribution in [-0.2, 0) is 4.74 Å². The van der Waals surface area contributed by atoms with Gasteiger partial charge in [-0.05, 0) is 38.4 Å². The maximum Gasteiger partial charge on any atom is 0.0478 e. The largest absolute Gasteiger partial charge is 0.381 e. The minimum absolute atomic E-state index is 0.584. The van der Waals surface area contributed by atoms with Crippen molar-refractivity contribution in [1.29, 1.82) is 0 Å². The molecule has 0 bridgehead atoms. The third-order valence-electron chi connectivity index (χ3n) is 2.21. The molecule has 0 spiro atoms. The van der Waals surface area contributed by atoms with Crippen molar-refractivity contribution in [2.45, 2.75) is 46.6 Å². The first-order valence-electron chi connectivity index (χ1n) is 6.64. The number of nitrogens with one attached hydrogen (secondary N) is 2. The lowest BCUT2D eigenvalue weighted by Crippen LogP contribution is -2.24. The second-order valence-electron chi connectivity index (χ2n) is 5.03. The second kappa shape index (κ2) is 11.4. The molecule has 0 aliphatic carbocycles. The molecule has 0 saturated heterocycles. The molecule has 0 unspecified atom stereocenters. The zero-order valence-corrected chi connectivity index (χ0v) is 11.5. The molecule has 0 heterocycles. The van der Waals surface area contributed by atoms with Gasteiger partial charge in [-0.2, -0.15) is 0 Å². The van der Waals surface area contributed by atoms with Gasteiger partial charge in [0.2, 0.25) is 0 Å². The molecular weight excluding hydrogens is 200 g/mol. The van der Waals surface area contributed by atoms with E-state index in [4.69, 9.17) is 4.74 Å². The van der Waals surface area contributed by atoms with Crippen LogP contribution in [0.2, 0.25) is 0 Å². The zero-order chi connectivity index (χ0) is 12.2. The summed E-state index contributed by atoms with van der Waals surface area (Å²) >= 11 is 0. The van der Waals surface area contributed by atoms with Crippen molar-refractivity contribution in [3.8, 4) is 0 Å². The minimum atomic E-state index is 0.584. The molecule has 0 aromatic carbocycles. The fraction of sp³-hybridized carbons (Fsp3) is 1.00. The van der Waals surface area contributed by atoms with Gasteiger partial charge in [0.15, 0.2) is 0 Å². The molecule has 0 rings (SSSR count). The predicted molar refractivity (Wildman–Crippen MR) is 70.9 cm³/mol. The average molecular weight is 230 g/mol. The highest BCUT2D eigenvalue weighted by molar-refractivity contribution is 4.53. The number of hydrogen-bond donors (Lipinski definition) is 2. The molecule has 0 radical (unpaired) electrons. The molecule has 3 nitrogen and oxygen atoms in total. The van der Waals surface area contributed by atoms with E-state index in [0.29, 0.717) is 6.04 Å². The summed E-state index contributed by atoms with van der Waals surface area (Å²) in [6.45, 7) is 13.8. The van der Waals surface area contributed by atoms with E-state index in [2.05, 4.69) is 38.3 Å². The van der Waals surface area contributed by atoms with Crippen molar-refractivity contribution >= 4 is 0 Å². The molecule has 98 valence electrons. The first-order valence-corrected chi connectivity index (χ1v) is 6.64. The van der Waals surface area contributed by atoms with E-state index in [0.717, 1.165) is 51.6 Å². The average Bonchev–Trinajstić information content (AvgIpc) is 2.20. The molecule has 3 heteroatoms. The van der Waals surface area contributed by atoms with Gasteiger partial charge in [0.05, 0.1) is 0 Å². The van der Waals surface area contributed by atoms with E-state index in [1.54, 1.807) is 0 Å². The van der Waals surface area contributed by atoms with Gasteiger partial charge >= 0.3 is 0 Å². The molecule has 0 aromatic rings. The van der Waals surface area contributed by atoms with Crippen molar-refractivity contribution in [3.63, 3.8) is 0 Å². The summed E-state index contributed by atoms with van der Waals surface area (Å²) in [6, 6.07) is 0.584. The summed E-state index contributed by atoms with van der Waals surface area (Å²) in [7, 11) is 0. The minimum Gasteiger partial charge on any atom is -0.381 e. The lowest BCUT2D eigenvalue weighted by Gasteiger charge is -2.09. The van der Waals surface area contributed by atoms with E-state index < -0.39 is 0 Å². The Labute approximate surface area is 101 Å². The monoisotopic (exact) mass is 230 g/mol. The summed E-state index contributed by atoms with van der Waals surface area (Å²) in [5.74, 6) is 0.739. The second-order valence-corrected chi connectivity index (χ2v) is 5.03. The van der Waals surface area contributed by atoms with Crippen LogP contribution in [0.5, 0.6) is 0 Å². The maximum absolute atomic E-state index is 5.54. The number of ether oxygens (including phenoxy) is 1. The Hall–Kier alpha value is -0.120. The van der Waals surface area contributed by atoms with Crippen molar-refractivity contribution in [3.05, 3.63) is 0 Å².